The molecule has 0 spiro atoms. The van der Waals surface area contributed by atoms with E-state index in [2.05, 4.69) is 32.0 Å². The summed E-state index contributed by atoms with van der Waals surface area (Å²) in [5.74, 6) is 1.03. The topological polar surface area (TPSA) is 26.3 Å². The molecule has 0 heterocycles. The molecule has 1 aliphatic carbocycles. The van der Waals surface area contributed by atoms with Gasteiger partial charge in [0.1, 0.15) is 12.4 Å². The maximum atomic E-state index is 12.0. The summed E-state index contributed by atoms with van der Waals surface area (Å²) in [5, 5.41) is 0. The summed E-state index contributed by atoms with van der Waals surface area (Å²) >= 11 is 0. The van der Waals surface area contributed by atoms with Crippen molar-refractivity contribution in [3.63, 3.8) is 0 Å². The Morgan fingerprint density at radius 3 is 2.76 bits per heavy atom. The third-order valence-electron chi connectivity index (χ3n) is 4.13. The molecule has 0 saturated carbocycles. The minimum Gasteiger partial charge on any atom is -0.489 e. The van der Waals surface area contributed by atoms with E-state index < -0.39 is 0 Å². The van der Waals surface area contributed by atoms with Gasteiger partial charge in [-0.1, -0.05) is 29.8 Å². The fraction of sp³-hybridized carbons (Fsp3) is 0.316. The van der Waals surface area contributed by atoms with Gasteiger partial charge in [-0.3, -0.25) is 4.79 Å². The first kappa shape index (κ1) is 13.9. The standard InChI is InChI=1S/C19H20O2/c1-13-6-7-14(2)16(10-13)12-21-17-9-8-15-4-3-5-19(20)18(15)11-17/h6-11H,3-5,12H2,1-2H3. The molecule has 21 heavy (non-hydrogen) atoms. The van der Waals surface area contributed by atoms with Crippen molar-refractivity contribution in [1.82, 2.24) is 0 Å². The monoisotopic (exact) mass is 280 g/mol. The fourth-order valence-electron chi connectivity index (χ4n) is 2.81. The number of rotatable bonds is 3. The second-order valence-electron chi connectivity index (χ2n) is 5.81. The third-order valence-corrected chi connectivity index (χ3v) is 4.13. The molecule has 1 aliphatic rings. The van der Waals surface area contributed by atoms with Crippen molar-refractivity contribution < 1.29 is 9.53 Å². The minimum absolute atomic E-state index is 0.244. The second kappa shape index (κ2) is 5.72. The Morgan fingerprint density at radius 2 is 1.90 bits per heavy atom. The summed E-state index contributed by atoms with van der Waals surface area (Å²) in [7, 11) is 0. The molecule has 2 aromatic rings. The van der Waals surface area contributed by atoms with Crippen LogP contribution in [0.1, 0.15) is 45.5 Å². The molecule has 0 N–H and O–H groups in total. The molecule has 0 unspecified atom stereocenters. The van der Waals surface area contributed by atoms with Crippen molar-refractivity contribution in [1.29, 1.82) is 0 Å². The van der Waals surface area contributed by atoms with Crippen molar-refractivity contribution in [2.75, 3.05) is 0 Å². The van der Waals surface area contributed by atoms with Gasteiger partial charge in [0.15, 0.2) is 5.78 Å². The number of carbonyl (C=O) groups is 1. The maximum Gasteiger partial charge on any atom is 0.163 e. The van der Waals surface area contributed by atoms with Crippen molar-refractivity contribution in [3.05, 3.63) is 64.2 Å². The Hall–Kier alpha value is -2.09. The molecule has 0 radical (unpaired) electrons. The van der Waals surface area contributed by atoms with Gasteiger partial charge in [-0.15, -0.1) is 0 Å². The van der Waals surface area contributed by atoms with Crippen molar-refractivity contribution in [2.45, 2.75) is 39.7 Å². The Balaban J connectivity index is 1.78. The first-order valence-electron chi connectivity index (χ1n) is 7.48. The highest BCUT2D eigenvalue weighted by molar-refractivity contribution is 5.98. The molecule has 0 amide bonds. The molecule has 2 heteroatoms. The Labute approximate surface area is 125 Å². The lowest BCUT2D eigenvalue weighted by atomic mass is 9.90. The molecular weight excluding hydrogens is 260 g/mol. The molecule has 108 valence electrons. The van der Waals surface area contributed by atoms with E-state index in [1.807, 2.05) is 18.2 Å². The summed E-state index contributed by atoms with van der Waals surface area (Å²) in [6.07, 6.45) is 2.63. The molecule has 0 aliphatic heterocycles. The van der Waals surface area contributed by atoms with E-state index in [9.17, 15) is 4.79 Å². The lowest BCUT2D eigenvalue weighted by Crippen LogP contribution is -2.11. The van der Waals surface area contributed by atoms with Crippen LogP contribution in [-0.2, 0) is 13.0 Å². The second-order valence-corrected chi connectivity index (χ2v) is 5.81. The van der Waals surface area contributed by atoms with Gasteiger partial charge in [0.2, 0.25) is 0 Å². The van der Waals surface area contributed by atoms with E-state index in [0.29, 0.717) is 13.0 Å². The molecule has 3 rings (SSSR count). The van der Waals surface area contributed by atoms with Gasteiger partial charge in [-0.2, -0.15) is 0 Å². The number of ether oxygens (including phenoxy) is 1. The van der Waals surface area contributed by atoms with Crippen LogP contribution in [-0.4, -0.2) is 5.78 Å². The molecular formula is C19H20O2. The number of aryl methyl sites for hydroxylation is 3. The maximum absolute atomic E-state index is 12.0. The average Bonchev–Trinajstić information content (AvgIpc) is 2.49. The first-order valence-corrected chi connectivity index (χ1v) is 7.48. The van der Waals surface area contributed by atoms with Crippen LogP contribution >= 0.6 is 0 Å². The van der Waals surface area contributed by atoms with Gasteiger partial charge in [-0.25, -0.2) is 0 Å². The number of carbonyl (C=O) groups excluding carboxylic acids is 1. The number of Topliss-reactive ketones (excluding diaryl/α,β-unsaturated/α-hetero) is 1. The number of hydrogen-bond acceptors (Lipinski definition) is 2. The summed E-state index contributed by atoms with van der Waals surface area (Å²) in [6.45, 7) is 4.72. The van der Waals surface area contributed by atoms with Crippen LogP contribution in [0, 0.1) is 13.8 Å². The van der Waals surface area contributed by atoms with Gasteiger partial charge >= 0.3 is 0 Å². The Morgan fingerprint density at radius 1 is 1.05 bits per heavy atom. The highest BCUT2D eigenvalue weighted by Crippen LogP contribution is 2.26. The predicted molar refractivity (Wildman–Crippen MR) is 84.0 cm³/mol. The van der Waals surface area contributed by atoms with Crippen molar-refractivity contribution in [3.8, 4) is 5.75 Å². The Bertz CT molecular complexity index is 686. The van der Waals surface area contributed by atoms with Crippen LogP contribution in [0.3, 0.4) is 0 Å². The highest BCUT2D eigenvalue weighted by atomic mass is 16.5. The number of fused-ring (bicyclic) bond motifs is 1. The van der Waals surface area contributed by atoms with Crippen LogP contribution in [0.15, 0.2) is 36.4 Å². The normalized spacial score (nSPS) is 13.9. The number of ketones is 1. The van der Waals surface area contributed by atoms with E-state index >= 15 is 0 Å². The number of hydrogen-bond donors (Lipinski definition) is 0. The Kier molecular flexibility index (Phi) is 3.78. The van der Waals surface area contributed by atoms with Gasteiger partial charge in [-0.05, 0) is 55.5 Å². The molecule has 2 aromatic carbocycles. The minimum atomic E-state index is 0.244. The summed E-state index contributed by atoms with van der Waals surface area (Å²) in [6, 6.07) is 12.3. The zero-order valence-corrected chi connectivity index (χ0v) is 12.6. The van der Waals surface area contributed by atoms with Gasteiger partial charge < -0.3 is 4.74 Å². The molecule has 0 saturated heterocycles. The van der Waals surface area contributed by atoms with Gasteiger partial charge in [0.25, 0.3) is 0 Å². The van der Waals surface area contributed by atoms with E-state index in [0.717, 1.165) is 29.7 Å². The van der Waals surface area contributed by atoms with Crippen molar-refractivity contribution in [2.24, 2.45) is 0 Å². The average molecular weight is 280 g/mol. The van der Waals surface area contributed by atoms with Crippen LogP contribution in [0.2, 0.25) is 0 Å². The summed E-state index contributed by atoms with van der Waals surface area (Å²) in [4.78, 5) is 12.0. The molecule has 0 fully saturated rings. The largest absolute Gasteiger partial charge is 0.489 e. The van der Waals surface area contributed by atoms with Crippen LogP contribution in [0.4, 0.5) is 0 Å². The summed E-state index contributed by atoms with van der Waals surface area (Å²) < 4.78 is 5.89. The lowest BCUT2D eigenvalue weighted by molar-refractivity contribution is 0.0972. The fourth-order valence-corrected chi connectivity index (χ4v) is 2.81. The summed E-state index contributed by atoms with van der Waals surface area (Å²) in [5.41, 5.74) is 5.67. The molecule has 2 nitrogen and oxygen atoms in total. The highest BCUT2D eigenvalue weighted by Gasteiger charge is 2.17. The zero-order chi connectivity index (χ0) is 14.8. The first-order chi connectivity index (χ1) is 10.1. The van der Waals surface area contributed by atoms with Gasteiger partial charge in [0.05, 0.1) is 0 Å². The molecule has 0 bridgehead atoms. The van der Waals surface area contributed by atoms with Crippen LogP contribution < -0.4 is 4.74 Å². The molecule has 0 aromatic heterocycles. The quantitative estimate of drug-likeness (QED) is 0.833. The molecule has 0 atom stereocenters. The van der Waals surface area contributed by atoms with E-state index in [-0.39, 0.29) is 5.78 Å². The smallest absolute Gasteiger partial charge is 0.163 e. The lowest BCUT2D eigenvalue weighted by Gasteiger charge is -2.16. The van der Waals surface area contributed by atoms with E-state index in [4.69, 9.17) is 4.74 Å². The van der Waals surface area contributed by atoms with Crippen LogP contribution in [0.5, 0.6) is 5.75 Å². The predicted octanol–water partition coefficient (Wildman–Crippen LogP) is 4.40. The third kappa shape index (κ3) is 2.99. The number of benzene rings is 2. The van der Waals surface area contributed by atoms with Gasteiger partial charge in [0, 0.05) is 12.0 Å². The van der Waals surface area contributed by atoms with Crippen molar-refractivity contribution >= 4 is 5.78 Å². The van der Waals surface area contributed by atoms with Crippen LogP contribution in [0.25, 0.3) is 0 Å². The van der Waals surface area contributed by atoms with E-state index in [1.54, 1.807) is 0 Å². The zero-order valence-electron chi connectivity index (χ0n) is 12.6. The van der Waals surface area contributed by atoms with E-state index in [1.165, 1.54) is 16.7 Å². The SMILES string of the molecule is Cc1ccc(C)c(COc2ccc3c(c2)C(=O)CCC3)c1.